The van der Waals surface area contributed by atoms with E-state index < -0.39 is 0 Å². The Morgan fingerprint density at radius 2 is 2.25 bits per heavy atom. The Kier molecular flexibility index (Phi) is 3.61. The molecule has 1 saturated heterocycles. The molecular weight excluding hydrogens is 200 g/mol. The summed E-state index contributed by atoms with van der Waals surface area (Å²) in [6.45, 7) is 8.65. The first-order valence-electron chi connectivity index (χ1n) is 6.11. The number of imidazole rings is 1. The second kappa shape index (κ2) is 4.97. The van der Waals surface area contributed by atoms with Crippen LogP contribution in [0.5, 0.6) is 0 Å². The minimum Gasteiger partial charge on any atom is -0.334 e. The van der Waals surface area contributed by atoms with Crippen LogP contribution in [0.4, 0.5) is 0 Å². The maximum absolute atomic E-state index is 6.03. The summed E-state index contributed by atoms with van der Waals surface area (Å²) in [7, 11) is 0. The summed E-state index contributed by atoms with van der Waals surface area (Å²) in [5.41, 5.74) is 6.03. The van der Waals surface area contributed by atoms with Gasteiger partial charge in [0.05, 0.1) is 0 Å². The van der Waals surface area contributed by atoms with Crippen LogP contribution in [0.15, 0.2) is 12.4 Å². The molecule has 16 heavy (non-hydrogen) atoms. The largest absolute Gasteiger partial charge is 0.334 e. The Morgan fingerprint density at radius 1 is 1.44 bits per heavy atom. The number of hydrogen-bond acceptors (Lipinski definition) is 3. The fourth-order valence-corrected chi connectivity index (χ4v) is 2.58. The molecule has 2 unspecified atom stereocenters. The van der Waals surface area contributed by atoms with Crippen LogP contribution in [-0.2, 0) is 6.54 Å². The van der Waals surface area contributed by atoms with Crippen LogP contribution in [0.3, 0.4) is 0 Å². The van der Waals surface area contributed by atoms with Gasteiger partial charge in [-0.1, -0.05) is 6.92 Å². The SMILES string of the molecule is Cc1nccn1CCN1CC(C)CC(N)C1. The first kappa shape index (κ1) is 11.6. The van der Waals surface area contributed by atoms with E-state index in [0.29, 0.717) is 6.04 Å². The second-order valence-electron chi connectivity index (χ2n) is 5.03. The average molecular weight is 222 g/mol. The third-order valence-electron chi connectivity index (χ3n) is 3.35. The van der Waals surface area contributed by atoms with Crippen LogP contribution in [0, 0.1) is 12.8 Å². The average Bonchev–Trinajstić information content (AvgIpc) is 2.59. The molecule has 1 aliphatic heterocycles. The third-order valence-corrected chi connectivity index (χ3v) is 3.35. The molecule has 0 radical (unpaired) electrons. The molecule has 1 fully saturated rings. The van der Waals surface area contributed by atoms with Crippen molar-refractivity contribution in [3.63, 3.8) is 0 Å². The van der Waals surface area contributed by atoms with Crippen molar-refractivity contribution in [1.29, 1.82) is 0 Å². The smallest absolute Gasteiger partial charge is 0.105 e. The number of hydrogen-bond donors (Lipinski definition) is 1. The zero-order valence-electron chi connectivity index (χ0n) is 10.3. The maximum Gasteiger partial charge on any atom is 0.105 e. The fourth-order valence-electron chi connectivity index (χ4n) is 2.58. The van der Waals surface area contributed by atoms with Gasteiger partial charge < -0.3 is 10.3 Å². The van der Waals surface area contributed by atoms with Crippen LogP contribution >= 0.6 is 0 Å². The van der Waals surface area contributed by atoms with Gasteiger partial charge in [-0.3, -0.25) is 4.90 Å². The van der Waals surface area contributed by atoms with Gasteiger partial charge >= 0.3 is 0 Å². The molecule has 2 atom stereocenters. The topological polar surface area (TPSA) is 47.1 Å². The van der Waals surface area contributed by atoms with Gasteiger partial charge in [-0.2, -0.15) is 0 Å². The third kappa shape index (κ3) is 2.83. The van der Waals surface area contributed by atoms with E-state index in [1.807, 2.05) is 19.3 Å². The fraction of sp³-hybridized carbons (Fsp3) is 0.750. The quantitative estimate of drug-likeness (QED) is 0.825. The van der Waals surface area contributed by atoms with Crippen molar-refractivity contribution in [1.82, 2.24) is 14.5 Å². The molecule has 0 saturated carbocycles. The van der Waals surface area contributed by atoms with Crippen molar-refractivity contribution in [2.24, 2.45) is 11.7 Å². The Balaban J connectivity index is 1.84. The van der Waals surface area contributed by atoms with Crippen molar-refractivity contribution in [3.05, 3.63) is 18.2 Å². The number of aryl methyl sites for hydroxylation is 1. The predicted octanol–water partition coefficient (Wildman–Crippen LogP) is 0.861. The minimum atomic E-state index is 0.354. The molecule has 1 aromatic rings. The molecule has 90 valence electrons. The summed E-state index contributed by atoms with van der Waals surface area (Å²) in [6, 6.07) is 0.354. The van der Waals surface area contributed by atoms with Gasteiger partial charge in [0.1, 0.15) is 5.82 Å². The van der Waals surface area contributed by atoms with E-state index in [2.05, 4.69) is 21.4 Å². The molecule has 2 N–H and O–H groups in total. The normalized spacial score (nSPS) is 27.2. The van der Waals surface area contributed by atoms with Crippen molar-refractivity contribution >= 4 is 0 Å². The van der Waals surface area contributed by atoms with Gasteiger partial charge in [-0.15, -0.1) is 0 Å². The summed E-state index contributed by atoms with van der Waals surface area (Å²) in [5.74, 6) is 1.82. The van der Waals surface area contributed by atoms with E-state index in [-0.39, 0.29) is 0 Å². The van der Waals surface area contributed by atoms with E-state index in [1.54, 1.807) is 0 Å². The lowest BCUT2D eigenvalue weighted by Crippen LogP contribution is -2.47. The lowest BCUT2D eigenvalue weighted by Gasteiger charge is -2.34. The number of nitrogens with zero attached hydrogens (tertiary/aromatic N) is 3. The first-order chi connectivity index (χ1) is 7.65. The Labute approximate surface area is 97.4 Å². The monoisotopic (exact) mass is 222 g/mol. The van der Waals surface area contributed by atoms with E-state index in [9.17, 15) is 0 Å². The molecular formula is C12H22N4. The van der Waals surface area contributed by atoms with Gasteiger partial charge in [0, 0.05) is 44.6 Å². The van der Waals surface area contributed by atoms with Gasteiger partial charge in [-0.05, 0) is 19.3 Å². The van der Waals surface area contributed by atoms with Gasteiger partial charge in [0.15, 0.2) is 0 Å². The number of aromatic nitrogens is 2. The van der Waals surface area contributed by atoms with Crippen LogP contribution < -0.4 is 5.73 Å². The molecule has 0 aliphatic carbocycles. The molecule has 2 rings (SSSR count). The van der Waals surface area contributed by atoms with E-state index >= 15 is 0 Å². The van der Waals surface area contributed by atoms with Crippen molar-refractivity contribution in [2.75, 3.05) is 19.6 Å². The summed E-state index contributed by atoms with van der Waals surface area (Å²) in [5, 5.41) is 0. The van der Waals surface area contributed by atoms with Crippen LogP contribution in [-0.4, -0.2) is 40.1 Å². The van der Waals surface area contributed by atoms with Crippen molar-refractivity contribution < 1.29 is 0 Å². The highest BCUT2D eigenvalue weighted by atomic mass is 15.2. The highest BCUT2D eigenvalue weighted by Gasteiger charge is 2.21. The Hall–Kier alpha value is -0.870. The number of rotatable bonds is 3. The zero-order chi connectivity index (χ0) is 11.5. The highest BCUT2D eigenvalue weighted by molar-refractivity contribution is 4.89. The lowest BCUT2D eigenvalue weighted by atomic mass is 9.97. The van der Waals surface area contributed by atoms with E-state index in [0.717, 1.165) is 31.4 Å². The maximum atomic E-state index is 6.03. The summed E-state index contributed by atoms with van der Waals surface area (Å²) in [4.78, 5) is 6.70. The molecule has 2 heterocycles. The molecule has 4 heteroatoms. The van der Waals surface area contributed by atoms with E-state index in [1.165, 1.54) is 13.0 Å². The molecule has 0 spiro atoms. The van der Waals surface area contributed by atoms with E-state index in [4.69, 9.17) is 5.73 Å². The minimum absolute atomic E-state index is 0.354. The number of nitrogens with two attached hydrogens (primary N) is 1. The molecule has 0 amide bonds. The summed E-state index contributed by atoms with van der Waals surface area (Å²) < 4.78 is 2.20. The standard InChI is InChI=1S/C12H22N4/c1-10-7-12(13)9-15(8-10)5-6-16-4-3-14-11(16)2/h3-4,10,12H,5-9,13H2,1-2H3. The van der Waals surface area contributed by atoms with Crippen molar-refractivity contribution in [2.45, 2.75) is 32.9 Å². The van der Waals surface area contributed by atoms with Crippen LogP contribution in [0.2, 0.25) is 0 Å². The van der Waals surface area contributed by atoms with Crippen LogP contribution in [0.1, 0.15) is 19.2 Å². The summed E-state index contributed by atoms with van der Waals surface area (Å²) >= 11 is 0. The van der Waals surface area contributed by atoms with Crippen molar-refractivity contribution in [3.8, 4) is 0 Å². The number of likely N-dealkylation sites (tertiary alicyclic amines) is 1. The molecule has 1 aliphatic rings. The Morgan fingerprint density at radius 3 is 2.88 bits per heavy atom. The van der Waals surface area contributed by atoms with Crippen LogP contribution in [0.25, 0.3) is 0 Å². The predicted molar refractivity (Wildman–Crippen MR) is 65.2 cm³/mol. The van der Waals surface area contributed by atoms with Gasteiger partial charge in [0.25, 0.3) is 0 Å². The molecule has 4 nitrogen and oxygen atoms in total. The van der Waals surface area contributed by atoms with Gasteiger partial charge in [0.2, 0.25) is 0 Å². The van der Waals surface area contributed by atoms with Gasteiger partial charge in [-0.25, -0.2) is 4.98 Å². The number of piperidine rings is 1. The molecule has 0 aromatic carbocycles. The molecule has 0 bridgehead atoms. The second-order valence-corrected chi connectivity index (χ2v) is 5.03. The zero-order valence-corrected chi connectivity index (χ0v) is 10.3. The first-order valence-corrected chi connectivity index (χ1v) is 6.11. The summed E-state index contributed by atoms with van der Waals surface area (Å²) in [6.07, 6.45) is 5.07. The highest BCUT2D eigenvalue weighted by Crippen LogP contribution is 2.14. The lowest BCUT2D eigenvalue weighted by molar-refractivity contribution is 0.160. The molecule has 1 aromatic heterocycles. The Bertz CT molecular complexity index is 324.